The van der Waals surface area contributed by atoms with Crippen LogP contribution in [-0.2, 0) is 11.2 Å². The fourth-order valence-corrected chi connectivity index (χ4v) is 3.79. The summed E-state index contributed by atoms with van der Waals surface area (Å²) >= 11 is 0. The number of carboxylic acid groups (broad SMARTS) is 1. The molecule has 0 saturated carbocycles. The van der Waals surface area contributed by atoms with Crippen molar-refractivity contribution in [2.75, 3.05) is 19.6 Å². The molecule has 0 bridgehead atoms. The van der Waals surface area contributed by atoms with Crippen LogP contribution < -0.4 is 4.74 Å². The molecule has 136 valence electrons. The van der Waals surface area contributed by atoms with Crippen LogP contribution in [-0.4, -0.2) is 41.7 Å². The van der Waals surface area contributed by atoms with E-state index in [2.05, 4.69) is 49.9 Å². The van der Waals surface area contributed by atoms with Gasteiger partial charge in [0.05, 0.1) is 12.0 Å². The van der Waals surface area contributed by atoms with Gasteiger partial charge in [0.2, 0.25) is 0 Å². The van der Waals surface area contributed by atoms with E-state index in [0.29, 0.717) is 19.0 Å². The van der Waals surface area contributed by atoms with E-state index in [1.807, 2.05) is 0 Å². The first-order chi connectivity index (χ1) is 12.0. The molecule has 1 fully saturated rings. The van der Waals surface area contributed by atoms with Gasteiger partial charge in [0, 0.05) is 19.6 Å². The highest BCUT2D eigenvalue weighted by atomic mass is 16.5. The fraction of sp³-hybridized carbons (Fsp3) is 0.571. The molecule has 2 atom stereocenters. The Morgan fingerprint density at radius 3 is 2.84 bits per heavy atom. The molecule has 1 saturated heterocycles. The lowest BCUT2D eigenvalue weighted by molar-refractivity contribution is -0.147. The quantitative estimate of drug-likeness (QED) is 0.817. The number of hydrogen-bond donors (Lipinski definition) is 1. The molecule has 1 N–H and O–H groups in total. The van der Waals surface area contributed by atoms with Gasteiger partial charge in [-0.2, -0.15) is 0 Å². The predicted octanol–water partition coefficient (Wildman–Crippen LogP) is 3.85. The summed E-state index contributed by atoms with van der Waals surface area (Å²) in [5.74, 6) is 0.601. The Morgan fingerprint density at radius 2 is 2.16 bits per heavy atom. The zero-order chi connectivity index (χ0) is 18.0. The van der Waals surface area contributed by atoms with Gasteiger partial charge in [0.25, 0.3) is 0 Å². The number of likely N-dealkylation sites (tertiary alicyclic amines) is 1. The highest BCUT2D eigenvalue weighted by Gasteiger charge is 2.33. The second-order valence-corrected chi connectivity index (χ2v) is 7.63. The van der Waals surface area contributed by atoms with E-state index in [0.717, 1.165) is 31.6 Å². The number of nitrogens with zero attached hydrogens (tertiary/aromatic N) is 1. The van der Waals surface area contributed by atoms with Crippen LogP contribution in [0.15, 0.2) is 23.8 Å². The van der Waals surface area contributed by atoms with Gasteiger partial charge in [-0.25, -0.2) is 0 Å². The van der Waals surface area contributed by atoms with Crippen molar-refractivity contribution in [3.05, 3.63) is 34.9 Å². The third-order valence-electron chi connectivity index (χ3n) is 5.36. The van der Waals surface area contributed by atoms with Gasteiger partial charge in [-0.15, -0.1) is 0 Å². The van der Waals surface area contributed by atoms with E-state index >= 15 is 0 Å². The molecular formula is C21H29NO3. The van der Waals surface area contributed by atoms with Crippen LogP contribution in [0.5, 0.6) is 5.75 Å². The first-order valence-electron chi connectivity index (χ1n) is 9.41. The maximum Gasteiger partial charge on any atom is 0.309 e. The Labute approximate surface area is 150 Å². The van der Waals surface area contributed by atoms with Crippen molar-refractivity contribution in [3.63, 3.8) is 0 Å². The van der Waals surface area contributed by atoms with Gasteiger partial charge in [-0.1, -0.05) is 38.0 Å². The topological polar surface area (TPSA) is 49.8 Å². The molecule has 0 spiro atoms. The van der Waals surface area contributed by atoms with Crippen molar-refractivity contribution in [3.8, 4) is 5.75 Å². The Bertz CT molecular complexity index is 661. The van der Waals surface area contributed by atoms with Crippen LogP contribution in [0.3, 0.4) is 0 Å². The summed E-state index contributed by atoms with van der Waals surface area (Å²) in [4.78, 5) is 13.2. The Hall–Kier alpha value is -1.81. The second kappa shape index (κ2) is 7.61. The molecule has 1 heterocycles. The average molecular weight is 343 g/mol. The van der Waals surface area contributed by atoms with Gasteiger partial charge < -0.3 is 9.84 Å². The van der Waals surface area contributed by atoms with Crippen molar-refractivity contribution in [2.24, 2.45) is 11.8 Å². The molecule has 3 rings (SSSR count). The zero-order valence-electron chi connectivity index (χ0n) is 15.5. The molecule has 0 amide bonds. The first kappa shape index (κ1) is 18.0. The number of ether oxygens (including phenoxy) is 1. The first-order valence-corrected chi connectivity index (χ1v) is 9.41. The highest BCUT2D eigenvalue weighted by Crippen LogP contribution is 2.32. The van der Waals surface area contributed by atoms with E-state index < -0.39 is 5.97 Å². The molecule has 0 aromatic heterocycles. The smallest absolute Gasteiger partial charge is 0.309 e. The molecule has 4 heteroatoms. The third kappa shape index (κ3) is 4.24. The summed E-state index contributed by atoms with van der Waals surface area (Å²) in [5.41, 5.74) is 4.03. The average Bonchev–Trinajstić information content (AvgIpc) is 2.50. The maximum atomic E-state index is 10.9. The van der Waals surface area contributed by atoms with Crippen LogP contribution in [0.2, 0.25) is 0 Å². The van der Waals surface area contributed by atoms with Crippen LogP contribution in [0.25, 0.3) is 6.08 Å². The second-order valence-electron chi connectivity index (χ2n) is 7.63. The SMILES string of the molecule is CCC[C@@H](C)Oc1ccc2c(c1)C[C@H](C)C(CN1CC(C(=O)O)C1)=C2. The lowest BCUT2D eigenvalue weighted by Gasteiger charge is -2.38. The minimum absolute atomic E-state index is 0.184. The number of aliphatic carboxylic acids is 1. The number of fused-ring (bicyclic) bond motifs is 1. The zero-order valence-corrected chi connectivity index (χ0v) is 15.5. The summed E-state index contributed by atoms with van der Waals surface area (Å²) in [7, 11) is 0. The van der Waals surface area contributed by atoms with Gasteiger partial charge in [0.1, 0.15) is 5.75 Å². The number of benzene rings is 1. The molecule has 1 aromatic carbocycles. The van der Waals surface area contributed by atoms with Crippen molar-refractivity contribution in [1.82, 2.24) is 4.90 Å². The maximum absolute atomic E-state index is 10.9. The minimum Gasteiger partial charge on any atom is -0.491 e. The van der Waals surface area contributed by atoms with E-state index in [1.54, 1.807) is 0 Å². The van der Waals surface area contributed by atoms with Gasteiger partial charge in [0.15, 0.2) is 0 Å². The normalized spacial score (nSPS) is 21.9. The van der Waals surface area contributed by atoms with E-state index in [9.17, 15) is 4.79 Å². The van der Waals surface area contributed by atoms with Crippen molar-refractivity contribution in [1.29, 1.82) is 0 Å². The van der Waals surface area contributed by atoms with Crippen LogP contribution in [0, 0.1) is 11.8 Å². The van der Waals surface area contributed by atoms with Crippen LogP contribution in [0.1, 0.15) is 44.7 Å². The lowest BCUT2D eigenvalue weighted by Crippen LogP contribution is -2.51. The number of carbonyl (C=O) groups is 1. The molecule has 2 aliphatic rings. The highest BCUT2D eigenvalue weighted by molar-refractivity contribution is 5.71. The van der Waals surface area contributed by atoms with Crippen molar-refractivity contribution in [2.45, 2.75) is 46.1 Å². The third-order valence-corrected chi connectivity index (χ3v) is 5.36. The number of hydrogen-bond acceptors (Lipinski definition) is 3. The number of rotatable bonds is 7. The molecular weight excluding hydrogens is 314 g/mol. The van der Waals surface area contributed by atoms with Crippen LogP contribution >= 0.6 is 0 Å². The van der Waals surface area contributed by atoms with Gasteiger partial charge in [-0.3, -0.25) is 9.69 Å². The summed E-state index contributed by atoms with van der Waals surface area (Å²) in [6.45, 7) is 8.80. The van der Waals surface area contributed by atoms with Crippen LogP contribution in [0.4, 0.5) is 0 Å². The lowest BCUT2D eigenvalue weighted by atomic mass is 9.83. The Morgan fingerprint density at radius 1 is 1.40 bits per heavy atom. The van der Waals surface area contributed by atoms with E-state index in [1.165, 1.54) is 16.7 Å². The largest absolute Gasteiger partial charge is 0.491 e. The van der Waals surface area contributed by atoms with E-state index in [4.69, 9.17) is 9.84 Å². The fourth-order valence-electron chi connectivity index (χ4n) is 3.79. The summed E-state index contributed by atoms with van der Waals surface area (Å²) in [6.07, 6.45) is 5.77. The van der Waals surface area contributed by atoms with Crippen molar-refractivity contribution >= 4 is 12.0 Å². The summed E-state index contributed by atoms with van der Waals surface area (Å²) in [6, 6.07) is 6.42. The molecule has 0 unspecified atom stereocenters. The monoisotopic (exact) mass is 343 g/mol. The predicted molar refractivity (Wildman–Crippen MR) is 99.9 cm³/mol. The summed E-state index contributed by atoms with van der Waals surface area (Å²) in [5, 5.41) is 9.01. The van der Waals surface area contributed by atoms with E-state index in [-0.39, 0.29) is 12.0 Å². The van der Waals surface area contributed by atoms with Crippen molar-refractivity contribution < 1.29 is 14.6 Å². The standard InChI is InChI=1S/C21H29NO3/c1-4-5-15(3)25-20-7-6-16-9-18(14(2)8-17(16)10-20)11-22-12-19(13-22)21(23)24/h6-7,9-10,14-15,19H,4-5,8,11-13H2,1-3H3,(H,23,24)/t14-,15+/m0/s1. The van der Waals surface area contributed by atoms with Gasteiger partial charge in [-0.05, 0) is 48.9 Å². The molecule has 1 aliphatic heterocycles. The summed E-state index contributed by atoms with van der Waals surface area (Å²) < 4.78 is 6.02. The molecule has 0 radical (unpaired) electrons. The number of carboxylic acids is 1. The van der Waals surface area contributed by atoms with Gasteiger partial charge >= 0.3 is 5.97 Å². The Balaban J connectivity index is 1.65. The molecule has 25 heavy (non-hydrogen) atoms. The molecule has 4 nitrogen and oxygen atoms in total. The minimum atomic E-state index is -0.669. The molecule has 1 aliphatic carbocycles. The Kier molecular flexibility index (Phi) is 5.48. The molecule has 1 aromatic rings.